The molecule has 1 N–H and O–H groups in total. The van der Waals surface area contributed by atoms with Gasteiger partial charge in [0.1, 0.15) is 0 Å². The van der Waals surface area contributed by atoms with Crippen LogP contribution >= 0.6 is 0 Å². The first kappa shape index (κ1) is 17.9. The number of carbonyl (C=O) groups excluding carboxylic acids is 2. The van der Waals surface area contributed by atoms with Crippen LogP contribution < -0.4 is 10.2 Å². The van der Waals surface area contributed by atoms with Crippen LogP contribution in [0.25, 0.3) is 0 Å². The molecule has 1 aromatic carbocycles. The van der Waals surface area contributed by atoms with E-state index >= 15 is 0 Å². The number of morpholine rings is 1. The molecule has 0 spiro atoms. The van der Waals surface area contributed by atoms with E-state index < -0.39 is 0 Å². The van der Waals surface area contributed by atoms with Gasteiger partial charge in [-0.15, -0.1) is 0 Å². The number of hydrogen-bond acceptors (Lipinski definition) is 4. The maximum absolute atomic E-state index is 12.4. The number of amides is 2. The smallest absolute Gasteiger partial charge is 0.227 e. The highest BCUT2D eigenvalue weighted by Crippen LogP contribution is 2.26. The molecule has 1 atom stereocenters. The van der Waals surface area contributed by atoms with Gasteiger partial charge in [0.2, 0.25) is 11.8 Å². The zero-order valence-corrected chi connectivity index (χ0v) is 14.9. The Hall–Kier alpha value is -1.92. The van der Waals surface area contributed by atoms with Gasteiger partial charge in [-0.3, -0.25) is 14.5 Å². The van der Waals surface area contributed by atoms with Crippen LogP contribution in [0.4, 0.5) is 5.69 Å². The number of aryl methyl sites for hydroxylation is 1. The van der Waals surface area contributed by atoms with E-state index in [0.717, 1.165) is 45.0 Å². The first-order valence-electron chi connectivity index (χ1n) is 9.14. The first-order valence-corrected chi connectivity index (χ1v) is 9.14. The molecule has 2 heterocycles. The molecular weight excluding hydrogens is 318 g/mol. The number of carbonyl (C=O) groups is 2. The molecule has 0 radical (unpaired) electrons. The van der Waals surface area contributed by atoms with E-state index in [0.29, 0.717) is 19.5 Å². The Balaban J connectivity index is 1.50. The van der Waals surface area contributed by atoms with Crippen molar-refractivity contribution in [2.75, 3.05) is 50.8 Å². The third-order valence-electron chi connectivity index (χ3n) is 4.96. The number of nitrogens with one attached hydrogen (secondary N) is 1. The summed E-state index contributed by atoms with van der Waals surface area (Å²) in [6.45, 7) is 7.37. The number of anilines is 1. The fourth-order valence-corrected chi connectivity index (χ4v) is 3.38. The van der Waals surface area contributed by atoms with Crippen molar-refractivity contribution >= 4 is 17.5 Å². The van der Waals surface area contributed by atoms with E-state index in [1.807, 2.05) is 18.2 Å². The molecule has 1 aromatic rings. The average molecular weight is 345 g/mol. The van der Waals surface area contributed by atoms with Gasteiger partial charge in [0.05, 0.1) is 19.1 Å². The van der Waals surface area contributed by atoms with Gasteiger partial charge in [-0.2, -0.15) is 0 Å². The van der Waals surface area contributed by atoms with E-state index in [1.54, 1.807) is 4.90 Å². The van der Waals surface area contributed by atoms with Crippen LogP contribution in [0.15, 0.2) is 24.3 Å². The van der Waals surface area contributed by atoms with Crippen molar-refractivity contribution in [3.8, 4) is 0 Å². The molecule has 136 valence electrons. The second-order valence-electron chi connectivity index (χ2n) is 6.67. The Morgan fingerprint density at radius 1 is 1.32 bits per heavy atom. The first-order chi connectivity index (χ1) is 12.2. The number of rotatable bonds is 6. The van der Waals surface area contributed by atoms with Gasteiger partial charge in [0.25, 0.3) is 0 Å². The minimum atomic E-state index is -0.262. The molecule has 0 bridgehead atoms. The van der Waals surface area contributed by atoms with Crippen molar-refractivity contribution in [1.82, 2.24) is 10.2 Å². The lowest BCUT2D eigenvalue weighted by Crippen LogP contribution is -2.42. The Morgan fingerprint density at radius 2 is 2.12 bits per heavy atom. The summed E-state index contributed by atoms with van der Waals surface area (Å²) in [4.78, 5) is 28.8. The van der Waals surface area contributed by atoms with Crippen molar-refractivity contribution in [3.05, 3.63) is 29.8 Å². The van der Waals surface area contributed by atoms with Crippen LogP contribution in [0.3, 0.4) is 0 Å². The van der Waals surface area contributed by atoms with Crippen LogP contribution in [0.2, 0.25) is 0 Å². The topological polar surface area (TPSA) is 61.9 Å². The summed E-state index contributed by atoms with van der Waals surface area (Å²) < 4.78 is 5.32. The maximum Gasteiger partial charge on any atom is 0.227 e. The molecule has 0 aromatic heterocycles. The number of ether oxygens (including phenoxy) is 1. The molecule has 2 fully saturated rings. The lowest BCUT2D eigenvalue weighted by atomic mass is 10.1. The molecule has 25 heavy (non-hydrogen) atoms. The van der Waals surface area contributed by atoms with Crippen LogP contribution in [0.1, 0.15) is 18.9 Å². The molecule has 0 aliphatic carbocycles. The quantitative estimate of drug-likeness (QED) is 0.837. The van der Waals surface area contributed by atoms with Crippen molar-refractivity contribution < 1.29 is 14.3 Å². The van der Waals surface area contributed by atoms with Gasteiger partial charge >= 0.3 is 0 Å². The highest BCUT2D eigenvalue weighted by Gasteiger charge is 2.35. The van der Waals surface area contributed by atoms with Crippen molar-refractivity contribution in [3.63, 3.8) is 0 Å². The summed E-state index contributed by atoms with van der Waals surface area (Å²) in [5.74, 6) is -0.250. The average Bonchev–Trinajstić information content (AvgIpc) is 3.04. The molecule has 2 aliphatic rings. The lowest BCUT2D eigenvalue weighted by Gasteiger charge is -2.26. The predicted octanol–water partition coefficient (Wildman–Crippen LogP) is 1.05. The lowest BCUT2D eigenvalue weighted by molar-refractivity contribution is -0.126. The number of benzene rings is 1. The number of hydrogen-bond donors (Lipinski definition) is 1. The van der Waals surface area contributed by atoms with Crippen LogP contribution in [-0.4, -0.2) is 62.7 Å². The second-order valence-corrected chi connectivity index (χ2v) is 6.67. The third kappa shape index (κ3) is 4.58. The zero-order chi connectivity index (χ0) is 17.6. The second kappa shape index (κ2) is 8.45. The predicted molar refractivity (Wildman–Crippen MR) is 96.5 cm³/mol. The molecule has 0 saturated carbocycles. The molecule has 1 unspecified atom stereocenters. The van der Waals surface area contributed by atoms with Gasteiger partial charge in [-0.1, -0.05) is 19.1 Å². The Bertz CT molecular complexity index is 614. The fourth-order valence-electron chi connectivity index (χ4n) is 3.38. The maximum atomic E-state index is 12.4. The van der Waals surface area contributed by atoms with E-state index in [1.165, 1.54) is 5.56 Å². The largest absolute Gasteiger partial charge is 0.379 e. The fraction of sp³-hybridized carbons (Fsp3) is 0.579. The van der Waals surface area contributed by atoms with E-state index in [4.69, 9.17) is 4.74 Å². The van der Waals surface area contributed by atoms with Crippen molar-refractivity contribution in [2.24, 2.45) is 5.92 Å². The Labute approximate surface area is 149 Å². The molecule has 3 rings (SSSR count). The summed E-state index contributed by atoms with van der Waals surface area (Å²) in [6.07, 6.45) is 1.22. The standard InChI is InChI=1S/C19H27N3O3/c1-2-15-4-3-5-17(12-15)22-14-16(13-18(22)23)19(24)20-6-7-21-8-10-25-11-9-21/h3-5,12,16H,2,6-11,13-14H2,1H3,(H,20,24). The van der Waals surface area contributed by atoms with Gasteiger partial charge < -0.3 is 15.0 Å². The summed E-state index contributed by atoms with van der Waals surface area (Å²) >= 11 is 0. The zero-order valence-electron chi connectivity index (χ0n) is 14.9. The number of nitrogens with zero attached hydrogens (tertiary/aromatic N) is 2. The van der Waals surface area contributed by atoms with Crippen LogP contribution in [0, 0.1) is 5.92 Å². The summed E-state index contributed by atoms with van der Waals surface area (Å²) in [7, 11) is 0. The molecule has 6 heteroatoms. The summed E-state index contributed by atoms with van der Waals surface area (Å²) in [5.41, 5.74) is 2.09. The van der Waals surface area contributed by atoms with E-state index in [9.17, 15) is 9.59 Å². The molecule has 2 amide bonds. The van der Waals surface area contributed by atoms with Gasteiger partial charge in [-0.05, 0) is 24.1 Å². The van der Waals surface area contributed by atoms with Gasteiger partial charge in [0, 0.05) is 44.8 Å². The Kier molecular flexibility index (Phi) is 6.04. The van der Waals surface area contributed by atoms with Crippen molar-refractivity contribution in [2.45, 2.75) is 19.8 Å². The van der Waals surface area contributed by atoms with E-state index in [-0.39, 0.29) is 17.7 Å². The minimum absolute atomic E-state index is 0.0178. The highest BCUT2D eigenvalue weighted by atomic mass is 16.5. The van der Waals surface area contributed by atoms with Gasteiger partial charge in [-0.25, -0.2) is 0 Å². The van der Waals surface area contributed by atoms with Crippen molar-refractivity contribution in [1.29, 1.82) is 0 Å². The SMILES string of the molecule is CCc1cccc(N2CC(C(=O)NCCN3CCOCC3)CC2=O)c1. The van der Waals surface area contributed by atoms with Crippen LogP contribution in [-0.2, 0) is 20.7 Å². The Morgan fingerprint density at radius 3 is 2.88 bits per heavy atom. The third-order valence-corrected chi connectivity index (χ3v) is 4.96. The van der Waals surface area contributed by atoms with Gasteiger partial charge in [0.15, 0.2) is 0 Å². The summed E-state index contributed by atoms with van der Waals surface area (Å²) in [6, 6.07) is 8.00. The van der Waals surface area contributed by atoms with E-state index in [2.05, 4.69) is 23.2 Å². The molecule has 6 nitrogen and oxygen atoms in total. The molecule has 2 saturated heterocycles. The van der Waals surface area contributed by atoms with Crippen LogP contribution in [0.5, 0.6) is 0 Å². The molecule has 2 aliphatic heterocycles. The highest BCUT2D eigenvalue weighted by molar-refractivity contribution is 6.00. The minimum Gasteiger partial charge on any atom is -0.379 e. The normalized spacial score (nSPS) is 21.6. The summed E-state index contributed by atoms with van der Waals surface area (Å²) in [5, 5.41) is 2.99. The monoisotopic (exact) mass is 345 g/mol. The molecular formula is C19H27N3O3.